The number of rotatable bonds is 10. The fraction of sp³-hybridized carbons (Fsp3) is 1.00. The van der Waals surface area contributed by atoms with Crippen molar-refractivity contribution in [2.24, 2.45) is 5.41 Å². The van der Waals surface area contributed by atoms with E-state index in [0.29, 0.717) is 13.2 Å². The third kappa shape index (κ3) is 4.65. The van der Waals surface area contributed by atoms with Gasteiger partial charge in [0.15, 0.2) is 0 Å². The summed E-state index contributed by atoms with van der Waals surface area (Å²) in [6.45, 7) is 16.2. The van der Waals surface area contributed by atoms with Crippen molar-refractivity contribution in [1.82, 2.24) is 0 Å². The summed E-state index contributed by atoms with van der Waals surface area (Å²) >= 11 is 0. The first kappa shape index (κ1) is 18.1. The van der Waals surface area contributed by atoms with Crippen LogP contribution < -0.4 is 0 Å². The van der Waals surface area contributed by atoms with Crippen molar-refractivity contribution in [2.75, 3.05) is 13.2 Å². The number of hydrogen-bond donors (Lipinski definition) is 0. The molecule has 0 aliphatic carbocycles. The van der Waals surface area contributed by atoms with Crippen molar-refractivity contribution in [3.05, 3.63) is 0 Å². The Morgan fingerprint density at radius 1 is 0.889 bits per heavy atom. The van der Waals surface area contributed by atoms with E-state index in [0.717, 1.165) is 19.3 Å². The Hall–Kier alpha value is 0.0969. The van der Waals surface area contributed by atoms with E-state index in [4.69, 9.17) is 13.3 Å². The molecular formula is C14H32O3Si. The SMILES string of the molecule is CCO[Si](C)(OCC)OC(C)C(CC)(CC)CC. The van der Waals surface area contributed by atoms with Crippen LogP contribution in [-0.2, 0) is 13.3 Å². The zero-order valence-electron chi connectivity index (χ0n) is 13.3. The Balaban J connectivity index is 4.80. The van der Waals surface area contributed by atoms with Crippen LogP contribution >= 0.6 is 0 Å². The highest BCUT2D eigenvalue weighted by Gasteiger charge is 2.41. The van der Waals surface area contributed by atoms with Gasteiger partial charge >= 0.3 is 8.80 Å². The van der Waals surface area contributed by atoms with Gasteiger partial charge in [-0.05, 0) is 45.4 Å². The average molecular weight is 276 g/mol. The van der Waals surface area contributed by atoms with Crippen LogP contribution in [0.3, 0.4) is 0 Å². The lowest BCUT2D eigenvalue weighted by atomic mass is 9.75. The molecule has 110 valence electrons. The molecule has 0 aromatic rings. The smallest absolute Gasteiger partial charge is 0.374 e. The summed E-state index contributed by atoms with van der Waals surface area (Å²) < 4.78 is 17.8. The molecule has 0 radical (unpaired) electrons. The Morgan fingerprint density at radius 3 is 1.56 bits per heavy atom. The molecule has 1 unspecified atom stereocenters. The molecule has 18 heavy (non-hydrogen) atoms. The molecule has 0 rings (SSSR count). The zero-order valence-corrected chi connectivity index (χ0v) is 14.3. The van der Waals surface area contributed by atoms with Crippen LogP contribution in [-0.4, -0.2) is 28.1 Å². The molecule has 3 nitrogen and oxygen atoms in total. The predicted molar refractivity (Wildman–Crippen MR) is 78.7 cm³/mol. The van der Waals surface area contributed by atoms with E-state index in [9.17, 15) is 0 Å². The minimum absolute atomic E-state index is 0.173. The average Bonchev–Trinajstić information content (AvgIpc) is 2.32. The Labute approximate surface area is 115 Å². The maximum absolute atomic E-state index is 6.25. The van der Waals surface area contributed by atoms with Crippen molar-refractivity contribution in [2.45, 2.75) is 73.5 Å². The van der Waals surface area contributed by atoms with Crippen LogP contribution in [0.1, 0.15) is 60.8 Å². The molecule has 0 aliphatic rings. The zero-order chi connectivity index (χ0) is 14.2. The summed E-state index contributed by atoms with van der Waals surface area (Å²) in [4.78, 5) is 0. The van der Waals surface area contributed by atoms with Gasteiger partial charge in [-0.25, -0.2) is 0 Å². The number of hydrogen-bond acceptors (Lipinski definition) is 3. The highest BCUT2D eigenvalue weighted by molar-refractivity contribution is 6.59. The molecular weight excluding hydrogens is 244 g/mol. The lowest BCUT2D eigenvalue weighted by molar-refractivity contribution is -0.0228. The van der Waals surface area contributed by atoms with Crippen LogP contribution in [0.15, 0.2) is 0 Å². The molecule has 0 spiro atoms. The summed E-state index contributed by atoms with van der Waals surface area (Å²) in [7, 11) is -2.47. The van der Waals surface area contributed by atoms with Gasteiger partial charge in [0.25, 0.3) is 0 Å². The minimum Gasteiger partial charge on any atom is -0.374 e. The third-order valence-corrected chi connectivity index (χ3v) is 6.59. The standard InChI is InChI=1S/C14H32O3Si/c1-8-14(9-2,10-3)13(6)17-18(7,15-11-4)16-12-5/h13H,8-12H2,1-7H3. The summed E-state index contributed by atoms with van der Waals surface area (Å²) in [6.07, 6.45) is 3.56. The first-order valence-corrected chi connectivity index (χ1v) is 9.61. The van der Waals surface area contributed by atoms with Crippen LogP contribution in [0.4, 0.5) is 0 Å². The van der Waals surface area contributed by atoms with Gasteiger partial charge in [-0.3, -0.25) is 0 Å². The second kappa shape index (κ2) is 8.30. The second-order valence-corrected chi connectivity index (χ2v) is 7.45. The molecule has 0 bridgehead atoms. The maximum Gasteiger partial charge on any atom is 0.497 e. The Kier molecular flexibility index (Phi) is 8.35. The van der Waals surface area contributed by atoms with E-state index in [1.807, 2.05) is 20.4 Å². The van der Waals surface area contributed by atoms with E-state index >= 15 is 0 Å². The summed E-state index contributed by atoms with van der Waals surface area (Å²) in [5.74, 6) is 0. The van der Waals surface area contributed by atoms with Crippen molar-refractivity contribution >= 4 is 8.80 Å². The van der Waals surface area contributed by atoms with Crippen LogP contribution in [0.5, 0.6) is 0 Å². The Bertz CT molecular complexity index is 203. The summed E-state index contributed by atoms with van der Waals surface area (Å²) in [6, 6.07) is 0. The van der Waals surface area contributed by atoms with Crippen LogP contribution in [0.2, 0.25) is 6.55 Å². The minimum atomic E-state index is -2.47. The topological polar surface area (TPSA) is 27.7 Å². The molecule has 0 heterocycles. The fourth-order valence-corrected chi connectivity index (χ4v) is 4.85. The molecule has 0 aromatic carbocycles. The first-order valence-electron chi connectivity index (χ1n) is 7.39. The van der Waals surface area contributed by atoms with E-state index in [1.54, 1.807) is 0 Å². The van der Waals surface area contributed by atoms with E-state index in [1.165, 1.54) is 0 Å². The highest BCUT2D eigenvalue weighted by atomic mass is 28.4. The molecule has 4 heteroatoms. The molecule has 0 N–H and O–H groups in total. The van der Waals surface area contributed by atoms with Gasteiger partial charge < -0.3 is 13.3 Å². The fourth-order valence-electron chi connectivity index (χ4n) is 2.69. The van der Waals surface area contributed by atoms with Gasteiger partial charge in [0.2, 0.25) is 0 Å². The lowest BCUT2D eigenvalue weighted by Crippen LogP contribution is -2.49. The maximum atomic E-state index is 6.25. The van der Waals surface area contributed by atoms with Crippen molar-refractivity contribution in [1.29, 1.82) is 0 Å². The molecule has 0 aliphatic heterocycles. The van der Waals surface area contributed by atoms with E-state index in [-0.39, 0.29) is 11.5 Å². The normalized spacial score (nSPS) is 14.8. The van der Waals surface area contributed by atoms with Crippen LogP contribution in [0.25, 0.3) is 0 Å². The molecule has 0 amide bonds. The van der Waals surface area contributed by atoms with Crippen molar-refractivity contribution in [3.63, 3.8) is 0 Å². The molecule has 0 saturated carbocycles. The molecule has 0 aromatic heterocycles. The van der Waals surface area contributed by atoms with Gasteiger partial charge in [-0.15, -0.1) is 0 Å². The van der Waals surface area contributed by atoms with E-state index in [2.05, 4.69) is 27.7 Å². The van der Waals surface area contributed by atoms with E-state index < -0.39 is 8.80 Å². The van der Waals surface area contributed by atoms with Gasteiger partial charge in [-0.1, -0.05) is 20.8 Å². The predicted octanol–water partition coefficient (Wildman–Crippen LogP) is 4.25. The third-order valence-electron chi connectivity index (χ3n) is 4.18. The van der Waals surface area contributed by atoms with Gasteiger partial charge in [0, 0.05) is 19.8 Å². The van der Waals surface area contributed by atoms with Gasteiger partial charge in [0.05, 0.1) is 6.10 Å². The van der Waals surface area contributed by atoms with Gasteiger partial charge in [-0.2, -0.15) is 0 Å². The lowest BCUT2D eigenvalue weighted by Gasteiger charge is -2.40. The van der Waals surface area contributed by atoms with Crippen LogP contribution in [0, 0.1) is 5.41 Å². The van der Waals surface area contributed by atoms with Gasteiger partial charge in [0.1, 0.15) is 0 Å². The monoisotopic (exact) mass is 276 g/mol. The molecule has 1 atom stereocenters. The Morgan fingerprint density at radius 2 is 1.28 bits per heavy atom. The second-order valence-electron chi connectivity index (χ2n) is 4.91. The highest BCUT2D eigenvalue weighted by Crippen LogP contribution is 2.37. The summed E-state index contributed by atoms with van der Waals surface area (Å²) in [5.41, 5.74) is 0.239. The first-order chi connectivity index (χ1) is 8.43. The van der Waals surface area contributed by atoms with Crippen molar-refractivity contribution < 1.29 is 13.3 Å². The summed E-state index contributed by atoms with van der Waals surface area (Å²) in [5, 5.41) is 0. The van der Waals surface area contributed by atoms with Crippen molar-refractivity contribution in [3.8, 4) is 0 Å². The molecule has 0 fully saturated rings. The largest absolute Gasteiger partial charge is 0.497 e. The quantitative estimate of drug-likeness (QED) is 0.558. The molecule has 0 saturated heterocycles.